The van der Waals surface area contributed by atoms with Crippen molar-refractivity contribution in [3.8, 4) is 0 Å². The SMILES string of the molecule is C[Si](C)(C)CCOCn1ncc2cc(N3CCOCC3)ccc21. The third kappa shape index (κ3) is 4.34. The fourth-order valence-corrected chi connectivity index (χ4v) is 3.48. The van der Waals surface area contributed by atoms with Gasteiger partial charge in [-0.15, -0.1) is 0 Å². The summed E-state index contributed by atoms with van der Waals surface area (Å²) in [7, 11) is -1.03. The van der Waals surface area contributed by atoms with Gasteiger partial charge in [-0.3, -0.25) is 0 Å². The van der Waals surface area contributed by atoms with E-state index in [0.717, 1.165) is 38.4 Å². The molecular weight excluding hydrogens is 306 g/mol. The second-order valence-electron chi connectivity index (χ2n) is 7.33. The highest BCUT2D eigenvalue weighted by molar-refractivity contribution is 6.76. The minimum Gasteiger partial charge on any atom is -0.378 e. The number of ether oxygens (including phenoxy) is 2. The molecule has 6 heteroatoms. The molecule has 1 aromatic carbocycles. The molecule has 0 N–H and O–H groups in total. The molecular formula is C17H27N3O2Si. The van der Waals surface area contributed by atoms with Crippen LogP contribution in [0, 0.1) is 0 Å². The van der Waals surface area contributed by atoms with Gasteiger partial charge in [0.2, 0.25) is 0 Å². The Morgan fingerprint density at radius 3 is 2.74 bits per heavy atom. The Bertz CT molecular complexity index is 645. The lowest BCUT2D eigenvalue weighted by Gasteiger charge is -2.28. The first kappa shape index (κ1) is 16.5. The molecule has 1 aliphatic rings. The van der Waals surface area contributed by atoms with E-state index in [1.165, 1.54) is 17.1 Å². The highest BCUT2D eigenvalue weighted by atomic mass is 28.3. The number of hydrogen-bond acceptors (Lipinski definition) is 4. The molecule has 1 aromatic heterocycles. The number of anilines is 1. The van der Waals surface area contributed by atoms with Gasteiger partial charge >= 0.3 is 0 Å². The van der Waals surface area contributed by atoms with Gasteiger partial charge in [-0.1, -0.05) is 19.6 Å². The zero-order valence-electron chi connectivity index (χ0n) is 14.4. The first-order valence-electron chi connectivity index (χ1n) is 8.39. The first-order chi connectivity index (χ1) is 11.0. The van der Waals surface area contributed by atoms with Crippen LogP contribution in [0.4, 0.5) is 5.69 Å². The molecule has 2 aromatic rings. The molecule has 0 unspecified atom stereocenters. The Hall–Kier alpha value is -1.37. The summed E-state index contributed by atoms with van der Waals surface area (Å²) >= 11 is 0. The largest absolute Gasteiger partial charge is 0.378 e. The molecule has 0 bridgehead atoms. The number of hydrogen-bond donors (Lipinski definition) is 0. The molecule has 0 spiro atoms. The van der Waals surface area contributed by atoms with Gasteiger partial charge in [0, 0.05) is 38.8 Å². The number of morpholine rings is 1. The zero-order valence-corrected chi connectivity index (χ0v) is 15.4. The second-order valence-corrected chi connectivity index (χ2v) is 13.0. The summed E-state index contributed by atoms with van der Waals surface area (Å²) in [5.41, 5.74) is 2.38. The van der Waals surface area contributed by atoms with E-state index in [0.29, 0.717) is 6.73 Å². The van der Waals surface area contributed by atoms with Crippen molar-refractivity contribution in [2.75, 3.05) is 37.8 Å². The average Bonchev–Trinajstić information content (AvgIpc) is 2.94. The molecule has 0 amide bonds. The maximum Gasteiger partial charge on any atom is 0.139 e. The Morgan fingerprint density at radius 2 is 2.00 bits per heavy atom. The normalized spacial score (nSPS) is 16.2. The Kier molecular flexibility index (Phi) is 5.04. The van der Waals surface area contributed by atoms with Crippen LogP contribution >= 0.6 is 0 Å². The fraction of sp³-hybridized carbons (Fsp3) is 0.588. The highest BCUT2D eigenvalue weighted by Gasteiger charge is 2.14. The van der Waals surface area contributed by atoms with E-state index in [2.05, 4.69) is 47.8 Å². The molecule has 0 saturated carbocycles. The standard InChI is InChI=1S/C17H27N3O2Si/c1-23(2,3)11-10-22-14-20-17-5-4-16(12-15(17)13-18-20)19-6-8-21-9-7-19/h4-5,12-13H,6-11,14H2,1-3H3. The van der Waals surface area contributed by atoms with Crippen LogP contribution in [0.25, 0.3) is 10.9 Å². The molecule has 0 atom stereocenters. The fourth-order valence-electron chi connectivity index (χ4n) is 2.72. The van der Waals surface area contributed by atoms with Crippen LogP contribution in [-0.2, 0) is 16.2 Å². The number of benzene rings is 1. The van der Waals surface area contributed by atoms with Crippen molar-refractivity contribution in [3.05, 3.63) is 24.4 Å². The van der Waals surface area contributed by atoms with Crippen LogP contribution in [0.15, 0.2) is 24.4 Å². The van der Waals surface area contributed by atoms with Crippen molar-refractivity contribution in [2.45, 2.75) is 32.4 Å². The third-order valence-electron chi connectivity index (χ3n) is 4.21. The van der Waals surface area contributed by atoms with Gasteiger partial charge in [-0.05, 0) is 24.2 Å². The van der Waals surface area contributed by atoms with Crippen molar-refractivity contribution < 1.29 is 9.47 Å². The average molecular weight is 334 g/mol. The zero-order chi connectivity index (χ0) is 16.3. The summed E-state index contributed by atoms with van der Waals surface area (Å²) in [6, 6.07) is 7.72. The third-order valence-corrected chi connectivity index (χ3v) is 5.92. The predicted molar refractivity (Wildman–Crippen MR) is 96.9 cm³/mol. The number of nitrogens with zero attached hydrogens (tertiary/aromatic N) is 3. The molecule has 0 radical (unpaired) electrons. The lowest BCUT2D eigenvalue weighted by Crippen LogP contribution is -2.36. The topological polar surface area (TPSA) is 39.5 Å². The van der Waals surface area contributed by atoms with Crippen LogP contribution in [0.1, 0.15) is 0 Å². The van der Waals surface area contributed by atoms with Gasteiger partial charge in [0.1, 0.15) is 6.73 Å². The minimum atomic E-state index is -1.03. The minimum absolute atomic E-state index is 0.533. The van der Waals surface area contributed by atoms with Crippen molar-refractivity contribution in [1.29, 1.82) is 0 Å². The summed E-state index contributed by atoms with van der Waals surface area (Å²) in [5, 5.41) is 5.64. The maximum atomic E-state index is 5.82. The first-order valence-corrected chi connectivity index (χ1v) is 12.1. The van der Waals surface area contributed by atoms with Crippen molar-refractivity contribution >= 4 is 24.7 Å². The summed E-state index contributed by atoms with van der Waals surface area (Å²) in [6.07, 6.45) is 1.93. The maximum absolute atomic E-state index is 5.82. The molecule has 1 saturated heterocycles. The summed E-state index contributed by atoms with van der Waals surface area (Å²) in [6.45, 7) is 12.0. The van der Waals surface area contributed by atoms with Crippen LogP contribution in [0.3, 0.4) is 0 Å². The van der Waals surface area contributed by atoms with Gasteiger partial charge in [-0.25, -0.2) is 4.68 Å². The Balaban J connectivity index is 1.64. The molecule has 3 rings (SSSR count). The molecule has 0 aliphatic carbocycles. The number of rotatable bonds is 6. The van der Waals surface area contributed by atoms with E-state index >= 15 is 0 Å². The van der Waals surface area contributed by atoms with Crippen LogP contribution < -0.4 is 4.90 Å². The number of fused-ring (bicyclic) bond motifs is 1. The van der Waals surface area contributed by atoms with Crippen molar-refractivity contribution in [3.63, 3.8) is 0 Å². The second kappa shape index (κ2) is 7.03. The lowest BCUT2D eigenvalue weighted by molar-refractivity contribution is 0.0817. The van der Waals surface area contributed by atoms with Crippen LogP contribution in [0.2, 0.25) is 25.7 Å². The van der Waals surface area contributed by atoms with Gasteiger partial charge in [0.25, 0.3) is 0 Å². The van der Waals surface area contributed by atoms with Gasteiger partial charge in [0.15, 0.2) is 0 Å². The highest BCUT2D eigenvalue weighted by Crippen LogP contribution is 2.23. The van der Waals surface area contributed by atoms with E-state index in [1.54, 1.807) is 0 Å². The monoisotopic (exact) mass is 333 g/mol. The molecule has 1 aliphatic heterocycles. The summed E-state index contributed by atoms with van der Waals surface area (Å²) in [5.74, 6) is 0. The van der Waals surface area contributed by atoms with Crippen molar-refractivity contribution in [2.24, 2.45) is 0 Å². The molecule has 1 fully saturated rings. The van der Waals surface area contributed by atoms with Gasteiger partial charge in [0.05, 0.1) is 24.9 Å². The quantitative estimate of drug-likeness (QED) is 0.601. The number of aromatic nitrogens is 2. The van der Waals surface area contributed by atoms with Gasteiger partial charge in [-0.2, -0.15) is 5.10 Å². The summed E-state index contributed by atoms with van der Waals surface area (Å²) in [4.78, 5) is 2.37. The van der Waals surface area contributed by atoms with E-state index < -0.39 is 8.07 Å². The lowest BCUT2D eigenvalue weighted by atomic mass is 10.2. The predicted octanol–water partition coefficient (Wildman–Crippen LogP) is 3.19. The van der Waals surface area contributed by atoms with Crippen molar-refractivity contribution in [1.82, 2.24) is 9.78 Å². The molecule has 126 valence electrons. The molecule has 2 heterocycles. The van der Waals surface area contributed by atoms with E-state index in [9.17, 15) is 0 Å². The molecule has 23 heavy (non-hydrogen) atoms. The van der Waals surface area contributed by atoms with E-state index in [-0.39, 0.29) is 0 Å². The van der Waals surface area contributed by atoms with Crippen LogP contribution in [0.5, 0.6) is 0 Å². The van der Waals surface area contributed by atoms with E-state index in [1.807, 2.05) is 10.9 Å². The van der Waals surface area contributed by atoms with Crippen LogP contribution in [-0.4, -0.2) is 50.8 Å². The summed E-state index contributed by atoms with van der Waals surface area (Å²) < 4.78 is 13.2. The Labute approximate surface area is 139 Å². The van der Waals surface area contributed by atoms with Gasteiger partial charge < -0.3 is 14.4 Å². The molecule has 5 nitrogen and oxygen atoms in total. The van der Waals surface area contributed by atoms with E-state index in [4.69, 9.17) is 9.47 Å². The Morgan fingerprint density at radius 1 is 1.22 bits per heavy atom. The smallest absolute Gasteiger partial charge is 0.139 e.